The largest absolute Gasteiger partial charge is 0.0870 e. The molecule has 0 amide bonds. The summed E-state index contributed by atoms with van der Waals surface area (Å²) in [4.78, 5) is 0. The van der Waals surface area contributed by atoms with Crippen LogP contribution in [0.3, 0.4) is 0 Å². The summed E-state index contributed by atoms with van der Waals surface area (Å²) in [7, 11) is 0. The SMILES string of the molecule is CC1=CC23C=CCC2(CCCC3)C1.CC1=CC23CC=CC2(CCCC3)C1. The topological polar surface area (TPSA) is 0 Å². The molecule has 2 fully saturated rings. The van der Waals surface area contributed by atoms with E-state index in [1.54, 1.807) is 11.1 Å². The van der Waals surface area contributed by atoms with Gasteiger partial charge in [-0.1, -0.05) is 73.3 Å². The molecular formula is C26H36. The van der Waals surface area contributed by atoms with Crippen LogP contribution in [-0.2, 0) is 0 Å². The average Bonchev–Trinajstić information content (AvgIpc) is 3.27. The standard InChI is InChI=1S/2C13H18/c2*1-11-9-12-5-2-3-6-13(12,10-11)8-4-7-12/h4,7,10H,2-3,5-6,8-9H2,1H3;4,7,9H,2-3,5-6,8,10H2,1H3. The maximum Gasteiger partial charge on any atom is 0.0126 e. The molecule has 6 aliphatic carbocycles. The van der Waals surface area contributed by atoms with E-state index in [1.807, 2.05) is 0 Å². The zero-order valence-corrected chi connectivity index (χ0v) is 16.9. The maximum atomic E-state index is 2.60. The second-order valence-electron chi connectivity index (χ2n) is 10.6. The van der Waals surface area contributed by atoms with E-state index in [-0.39, 0.29) is 0 Å². The molecule has 6 aliphatic rings. The quantitative estimate of drug-likeness (QED) is 0.394. The fourth-order valence-electron chi connectivity index (χ4n) is 8.10. The van der Waals surface area contributed by atoms with Gasteiger partial charge in [0, 0.05) is 16.2 Å². The van der Waals surface area contributed by atoms with Crippen LogP contribution in [0.1, 0.15) is 90.9 Å². The molecule has 0 spiro atoms. The molecule has 0 bridgehead atoms. The molecule has 0 saturated heterocycles. The fraction of sp³-hybridized carbons (Fsp3) is 0.692. The third-order valence-electron chi connectivity index (χ3n) is 9.05. The summed E-state index contributed by atoms with van der Waals surface area (Å²) in [5.41, 5.74) is 5.60. The van der Waals surface area contributed by atoms with E-state index in [0.717, 1.165) is 0 Å². The van der Waals surface area contributed by atoms with Crippen molar-refractivity contribution in [3.63, 3.8) is 0 Å². The van der Waals surface area contributed by atoms with Crippen molar-refractivity contribution in [3.8, 4) is 0 Å². The Morgan fingerprint density at radius 2 is 1.35 bits per heavy atom. The molecule has 4 unspecified atom stereocenters. The molecular weight excluding hydrogens is 312 g/mol. The van der Waals surface area contributed by atoms with E-state index in [1.165, 1.54) is 77.0 Å². The molecule has 0 radical (unpaired) electrons. The van der Waals surface area contributed by atoms with E-state index in [4.69, 9.17) is 0 Å². The van der Waals surface area contributed by atoms with E-state index in [9.17, 15) is 0 Å². The minimum Gasteiger partial charge on any atom is -0.0870 e. The summed E-state index contributed by atoms with van der Waals surface area (Å²) >= 11 is 0. The van der Waals surface area contributed by atoms with Gasteiger partial charge in [0.1, 0.15) is 0 Å². The van der Waals surface area contributed by atoms with E-state index >= 15 is 0 Å². The molecule has 0 heteroatoms. The van der Waals surface area contributed by atoms with Gasteiger partial charge < -0.3 is 0 Å². The lowest BCUT2D eigenvalue weighted by Crippen LogP contribution is -2.35. The normalized spacial score (nSPS) is 47.3. The molecule has 0 N–H and O–H groups in total. The summed E-state index contributed by atoms with van der Waals surface area (Å²) in [6.45, 7) is 4.64. The molecule has 140 valence electrons. The zero-order valence-electron chi connectivity index (χ0n) is 16.9. The van der Waals surface area contributed by atoms with Gasteiger partial charge >= 0.3 is 0 Å². The molecule has 0 aromatic rings. The summed E-state index contributed by atoms with van der Waals surface area (Å²) in [5, 5.41) is 0. The van der Waals surface area contributed by atoms with Crippen molar-refractivity contribution >= 4 is 0 Å². The number of allylic oxidation sites excluding steroid dienone is 8. The van der Waals surface area contributed by atoms with E-state index in [0.29, 0.717) is 21.7 Å². The first-order valence-corrected chi connectivity index (χ1v) is 11.3. The highest BCUT2D eigenvalue weighted by molar-refractivity contribution is 5.35. The van der Waals surface area contributed by atoms with Crippen LogP contribution < -0.4 is 0 Å². The molecule has 0 aromatic heterocycles. The van der Waals surface area contributed by atoms with Crippen molar-refractivity contribution in [1.82, 2.24) is 0 Å². The van der Waals surface area contributed by atoms with Crippen LogP contribution in [0, 0.1) is 21.7 Å². The molecule has 0 heterocycles. The second kappa shape index (κ2) is 5.73. The highest BCUT2D eigenvalue weighted by atomic mass is 14.6. The van der Waals surface area contributed by atoms with Crippen LogP contribution in [0.25, 0.3) is 0 Å². The van der Waals surface area contributed by atoms with Crippen molar-refractivity contribution in [2.24, 2.45) is 21.7 Å². The lowest BCUT2D eigenvalue weighted by atomic mass is 9.59. The predicted octanol–water partition coefficient (Wildman–Crippen LogP) is 7.69. The number of rotatable bonds is 0. The molecule has 0 aromatic carbocycles. The highest BCUT2D eigenvalue weighted by Gasteiger charge is 2.55. The number of hydrogen-bond donors (Lipinski definition) is 0. The Kier molecular flexibility index (Phi) is 3.76. The molecule has 0 nitrogen and oxygen atoms in total. The minimum absolute atomic E-state index is 0.509. The molecule has 4 atom stereocenters. The Balaban J connectivity index is 0.000000115. The van der Waals surface area contributed by atoms with Gasteiger partial charge in [0.05, 0.1) is 0 Å². The van der Waals surface area contributed by atoms with Gasteiger partial charge in [-0.25, -0.2) is 0 Å². The summed E-state index contributed by atoms with van der Waals surface area (Å²) in [6.07, 6.45) is 32.1. The van der Waals surface area contributed by atoms with Crippen LogP contribution in [0.2, 0.25) is 0 Å². The second-order valence-corrected chi connectivity index (χ2v) is 10.6. The van der Waals surface area contributed by atoms with E-state index < -0.39 is 0 Å². The molecule has 2 saturated carbocycles. The van der Waals surface area contributed by atoms with Gasteiger partial charge in [-0.05, 0) is 70.6 Å². The predicted molar refractivity (Wildman–Crippen MR) is 111 cm³/mol. The first kappa shape index (κ1) is 17.1. The van der Waals surface area contributed by atoms with Crippen molar-refractivity contribution in [2.45, 2.75) is 90.9 Å². The lowest BCUT2D eigenvalue weighted by Gasteiger charge is -2.44. The van der Waals surface area contributed by atoms with Gasteiger partial charge in [-0.3, -0.25) is 0 Å². The van der Waals surface area contributed by atoms with Gasteiger partial charge in [-0.2, -0.15) is 0 Å². The first-order chi connectivity index (χ1) is 12.5. The third-order valence-corrected chi connectivity index (χ3v) is 9.05. The van der Waals surface area contributed by atoms with Crippen LogP contribution in [0.15, 0.2) is 47.6 Å². The summed E-state index contributed by atoms with van der Waals surface area (Å²) in [5.74, 6) is 0. The first-order valence-electron chi connectivity index (χ1n) is 11.3. The lowest BCUT2D eigenvalue weighted by molar-refractivity contribution is 0.102. The van der Waals surface area contributed by atoms with Gasteiger partial charge in [0.15, 0.2) is 0 Å². The highest BCUT2D eigenvalue weighted by Crippen LogP contribution is 2.66. The fourth-order valence-corrected chi connectivity index (χ4v) is 8.10. The Hall–Kier alpha value is -1.04. The van der Waals surface area contributed by atoms with Crippen molar-refractivity contribution in [3.05, 3.63) is 47.6 Å². The van der Waals surface area contributed by atoms with Gasteiger partial charge in [-0.15, -0.1) is 0 Å². The van der Waals surface area contributed by atoms with Gasteiger partial charge in [0.25, 0.3) is 0 Å². The minimum atomic E-state index is 0.509. The Labute approximate surface area is 160 Å². The molecule has 26 heavy (non-hydrogen) atoms. The van der Waals surface area contributed by atoms with Crippen LogP contribution in [0.5, 0.6) is 0 Å². The molecule has 6 rings (SSSR count). The monoisotopic (exact) mass is 348 g/mol. The van der Waals surface area contributed by atoms with Crippen molar-refractivity contribution < 1.29 is 0 Å². The summed E-state index contributed by atoms with van der Waals surface area (Å²) in [6, 6.07) is 0. The molecule has 0 aliphatic heterocycles. The Morgan fingerprint density at radius 3 is 2.15 bits per heavy atom. The third kappa shape index (κ3) is 2.20. The summed E-state index contributed by atoms with van der Waals surface area (Å²) < 4.78 is 0. The van der Waals surface area contributed by atoms with Crippen LogP contribution in [0.4, 0.5) is 0 Å². The smallest absolute Gasteiger partial charge is 0.0126 e. The Bertz CT molecular complexity index is 718. The van der Waals surface area contributed by atoms with E-state index in [2.05, 4.69) is 50.3 Å². The van der Waals surface area contributed by atoms with Crippen LogP contribution in [-0.4, -0.2) is 0 Å². The van der Waals surface area contributed by atoms with Crippen molar-refractivity contribution in [1.29, 1.82) is 0 Å². The van der Waals surface area contributed by atoms with Crippen molar-refractivity contribution in [2.75, 3.05) is 0 Å². The Morgan fingerprint density at radius 1 is 0.654 bits per heavy atom. The number of hydrogen-bond acceptors (Lipinski definition) is 0. The zero-order chi connectivity index (χ0) is 17.9. The maximum absolute atomic E-state index is 2.60. The average molecular weight is 349 g/mol. The van der Waals surface area contributed by atoms with Crippen LogP contribution >= 0.6 is 0 Å². The van der Waals surface area contributed by atoms with Gasteiger partial charge in [0.2, 0.25) is 0 Å².